The lowest BCUT2D eigenvalue weighted by Gasteiger charge is -2.33. The Hall–Kier alpha value is -1.11. The number of aliphatic hydroxyl groups excluding tert-OH is 1. The molecule has 1 aromatic carbocycles. The molecular formula is C13H18F3NO2. The van der Waals surface area contributed by atoms with Gasteiger partial charge in [0.05, 0.1) is 18.8 Å². The van der Waals surface area contributed by atoms with E-state index in [2.05, 4.69) is 5.32 Å². The van der Waals surface area contributed by atoms with Crippen molar-refractivity contribution in [1.82, 2.24) is 5.32 Å². The maximum absolute atomic E-state index is 12.1. The van der Waals surface area contributed by atoms with Crippen LogP contribution in [0, 0.1) is 0 Å². The van der Waals surface area contributed by atoms with Gasteiger partial charge in [-0.15, -0.1) is 0 Å². The number of rotatable bonds is 7. The lowest BCUT2D eigenvalue weighted by molar-refractivity contribution is -0.179. The quantitative estimate of drug-likeness (QED) is 0.801. The van der Waals surface area contributed by atoms with E-state index < -0.39 is 18.3 Å². The standard InChI is InChI=1S/C13H18F3NO2/c1-2-17-12(8-18,9-19-10-13(14,15)16)11-6-4-3-5-7-11/h3-7,17-18H,2,8-10H2,1H3. The van der Waals surface area contributed by atoms with Crippen LogP contribution in [0.1, 0.15) is 12.5 Å². The highest BCUT2D eigenvalue weighted by atomic mass is 19.4. The number of aliphatic hydroxyl groups is 1. The molecule has 0 saturated heterocycles. The zero-order chi connectivity index (χ0) is 14.4. The fraction of sp³-hybridized carbons (Fsp3) is 0.538. The minimum Gasteiger partial charge on any atom is -0.394 e. The molecule has 0 bridgehead atoms. The van der Waals surface area contributed by atoms with E-state index in [4.69, 9.17) is 4.74 Å². The molecule has 0 saturated carbocycles. The lowest BCUT2D eigenvalue weighted by Crippen LogP contribution is -2.49. The average molecular weight is 277 g/mol. The van der Waals surface area contributed by atoms with Crippen LogP contribution in [0.4, 0.5) is 13.2 Å². The SMILES string of the molecule is CCNC(CO)(COCC(F)(F)F)c1ccccc1. The second kappa shape index (κ2) is 6.88. The van der Waals surface area contributed by atoms with E-state index in [0.717, 1.165) is 0 Å². The van der Waals surface area contributed by atoms with Crippen LogP contribution in [0.3, 0.4) is 0 Å². The van der Waals surface area contributed by atoms with Crippen LogP contribution in [0.2, 0.25) is 0 Å². The number of nitrogens with one attached hydrogen (secondary N) is 1. The first-order chi connectivity index (χ1) is 8.93. The van der Waals surface area contributed by atoms with Gasteiger partial charge in [0, 0.05) is 0 Å². The summed E-state index contributed by atoms with van der Waals surface area (Å²) < 4.78 is 41.1. The average Bonchev–Trinajstić information content (AvgIpc) is 2.37. The molecule has 0 aliphatic heterocycles. The molecule has 0 fully saturated rings. The summed E-state index contributed by atoms with van der Waals surface area (Å²) in [5, 5.41) is 12.6. The van der Waals surface area contributed by atoms with Gasteiger partial charge >= 0.3 is 6.18 Å². The Kier molecular flexibility index (Phi) is 5.78. The van der Waals surface area contributed by atoms with Crippen LogP contribution in [-0.2, 0) is 10.3 Å². The van der Waals surface area contributed by atoms with E-state index in [1.54, 1.807) is 30.3 Å². The molecular weight excluding hydrogens is 259 g/mol. The molecule has 1 atom stereocenters. The van der Waals surface area contributed by atoms with Crippen LogP contribution < -0.4 is 5.32 Å². The zero-order valence-corrected chi connectivity index (χ0v) is 10.7. The Morgan fingerprint density at radius 3 is 2.26 bits per heavy atom. The molecule has 0 spiro atoms. The smallest absolute Gasteiger partial charge is 0.394 e. The number of ether oxygens (including phenoxy) is 1. The largest absolute Gasteiger partial charge is 0.411 e. The van der Waals surface area contributed by atoms with Gasteiger partial charge < -0.3 is 15.2 Å². The molecule has 2 N–H and O–H groups in total. The molecule has 0 aromatic heterocycles. The molecule has 1 aromatic rings. The molecule has 0 heterocycles. The summed E-state index contributed by atoms with van der Waals surface area (Å²) in [6.45, 7) is 0.401. The first kappa shape index (κ1) is 15.9. The second-order valence-electron chi connectivity index (χ2n) is 4.24. The number of likely N-dealkylation sites (N-methyl/N-ethyl adjacent to an activating group) is 1. The van der Waals surface area contributed by atoms with Crippen molar-refractivity contribution in [1.29, 1.82) is 0 Å². The van der Waals surface area contributed by atoms with Crippen molar-refractivity contribution in [3.63, 3.8) is 0 Å². The first-order valence-corrected chi connectivity index (χ1v) is 5.99. The van der Waals surface area contributed by atoms with Crippen molar-refractivity contribution < 1.29 is 23.0 Å². The maximum atomic E-state index is 12.1. The minimum atomic E-state index is -4.37. The van der Waals surface area contributed by atoms with Crippen molar-refractivity contribution >= 4 is 0 Å². The Bertz CT molecular complexity index is 370. The highest BCUT2D eigenvalue weighted by Gasteiger charge is 2.34. The molecule has 1 rings (SSSR count). The van der Waals surface area contributed by atoms with Crippen LogP contribution in [0.15, 0.2) is 30.3 Å². The van der Waals surface area contributed by atoms with Gasteiger partial charge in [0.1, 0.15) is 6.61 Å². The monoisotopic (exact) mass is 277 g/mol. The van der Waals surface area contributed by atoms with Crippen molar-refractivity contribution in [3.8, 4) is 0 Å². The molecule has 0 aliphatic rings. The number of alkyl halides is 3. The molecule has 6 heteroatoms. The lowest BCUT2D eigenvalue weighted by atomic mass is 9.91. The summed E-state index contributed by atoms with van der Waals surface area (Å²) in [5.74, 6) is 0. The van der Waals surface area contributed by atoms with E-state index in [9.17, 15) is 18.3 Å². The van der Waals surface area contributed by atoms with Crippen LogP contribution >= 0.6 is 0 Å². The van der Waals surface area contributed by atoms with Gasteiger partial charge in [-0.05, 0) is 12.1 Å². The van der Waals surface area contributed by atoms with Gasteiger partial charge in [-0.25, -0.2) is 0 Å². The number of halogens is 3. The number of benzene rings is 1. The van der Waals surface area contributed by atoms with Crippen LogP contribution in [0.5, 0.6) is 0 Å². The van der Waals surface area contributed by atoms with Gasteiger partial charge in [-0.3, -0.25) is 0 Å². The molecule has 0 amide bonds. The van der Waals surface area contributed by atoms with Crippen molar-refractivity contribution in [2.24, 2.45) is 0 Å². The third-order valence-electron chi connectivity index (χ3n) is 2.73. The molecule has 19 heavy (non-hydrogen) atoms. The zero-order valence-electron chi connectivity index (χ0n) is 10.7. The molecule has 108 valence electrons. The topological polar surface area (TPSA) is 41.5 Å². The van der Waals surface area contributed by atoms with Crippen LogP contribution in [0.25, 0.3) is 0 Å². The predicted molar refractivity (Wildman–Crippen MR) is 65.8 cm³/mol. The van der Waals surface area contributed by atoms with Gasteiger partial charge in [-0.2, -0.15) is 13.2 Å². The van der Waals surface area contributed by atoms with E-state index in [-0.39, 0.29) is 13.2 Å². The summed E-state index contributed by atoms with van der Waals surface area (Å²) in [5.41, 5.74) is -0.317. The Morgan fingerprint density at radius 2 is 1.79 bits per heavy atom. The molecule has 3 nitrogen and oxygen atoms in total. The fourth-order valence-electron chi connectivity index (χ4n) is 1.87. The molecule has 1 unspecified atom stereocenters. The highest BCUT2D eigenvalue weighted by molar-refractivity contribution is 5.25. The summed E-state index contributed by atoms with van der Waals surface area (Å²) >= 11 is 0. The second-order valence-corrected chi connectivity index (χ2v) is 4.24. The normalized spacial score (nSPS) is 15.2. The number of hydrogen-bond donors (Lipinski definition) is 2. The van der Waals surface area contributed by atoms with Crippen LogP contribution in [-0.4, -0.2) is 37.6 Å². The van der Waals surface area contributed by atoms with Crippen molar-refractivity contribution in [2.45, 2.75) is 18.6 Å². The predicted octanol–water partition coefficient (Wildman–Crippen LogP) is 2.06. The van der Waals surface area contributed by atoms with Gasteiger partial charge in [0.2, 0.25) is 0 Å². The summed E-state index contributed by atoms with van der Waals surface area (Å²) in [6.07, 6.45) is -4.37. The fourth-order valence-corrected chi connectivity index (χ4v) is 1.87. The first-order valence-electron chi connectivity index (χ1n) is 5.99. The highest BCUT2D eigenvalue weighted by Crippen LogP contribution is 2.23. The summed E-state index contributed by atoms with van der Waals surface area (Å²) in [4.78, 5) is 0. The maximum Gasteiger partial charge on any atom is 0.411 e. The third-order valence-corrected chi connectivity index (χ3v) is 2.73. The Labute approximate surface area is 110 Å². The third kappa shape index (κ3) is 4.81. The molecule has 0 radical (unpaired) electrons. The van der Waals surface area contributed by atoms with E-state index in [1.165, 1.54) is 0 Å². The Morgan fingerprint density at radius 1 is 1.16 bits per heavy atom. The van der Waals surface area contributed by atoms with Gasteiger partial charge in [0.15, 0.2) is 0 Å². The van der Waals surface area contributed by atoms with Gasteiger partial charge in [0.25, 0.3) is 0 Å². The summed E-state index contributed by atoms with van der Waals surface area (Å²) in [6, 6.07) is 8.82. The Balaban J connectivity index is 2.81. The van der Waals surface area contributed by atoms with E-state index in [0.29, 0.717) is 12.1 Å². The van der Waals surface area contributed by atoms with Crippen molar-refractivity contribution in [2.75, 3.05) is 26.4 Å². The number of hydrogen-bond acceptors (Lipinski definition) is 3. The van der Waals surface area contributed by atoms with Crippen molar-refractivity contribution in [3.05, 3.63) is 35.9 Å². The molecule has 0 aliphatic carbocycles. The minimum absolute atomic E-state index is 0.249. The van der Waals surface area contributed by atoms with E-state index >= 15 is 0 Å². The van der Waals surface area contributed by atoms with E-state index in [1.807, 2.05) is 6.92 Å². The van der Waals surface area contributed by atoms with Gasteiger partial charge in [-0.1, -0.05) is 37.3 Å². The summed E-state index contributed by atoms with van der Waals surface area (Å²) in [7, 11) is 0.